The van der Waals surface area contributed by atoms with Gasteiger partial charge in [-0.2, -0.15) is 0 Å². The number of anilines is 1. The lowest BCUT2D eigenvalue weighted by Crippen LogP contribution is -2.38. The van der Waals surface area contributed by atoms with Crippen LogP contribution in [0.4, 0.5) is 9.52 Å². The van der Waals surface area contributed by atoms with Gasteiger partial charge in [0.15, 0.2) is 5.13 Å². The van der Waals surface area contributed by atoms with E-state index in [1.807, 2.05) is 17.5 Å². The normalized spacial score (nSPS) is 20.2. The number of aromatic nitrogens is 1. The number of hydrogen-bond donors (Lipinski definition) is 2. The number of carbonyl (C=O) groups is 1. The number of amides is 1. The summed E-state index contributed by atoms with van der Waals surface area (Å²) in [6.07, 6.45) is 5.18. The van der Waals surface area contributed by atoms with Crippen molar-refractivity contribution in [3.8, 4) is 0 Å². The lowest BCUT2D eigenvalue weighted by molar-refractivity contribution is -0.122. The molecular formula is C18H22FN3OS. The molecule has 128 valence electrons. The zero-order valence-corrected chi connectivity index (χ0v) is 14.3. The number of nitrogens with two attached hydrogens (primary N) is 1. The van der Waals surface area contributed by atoms with E-state index in [1.165, 1.54) is 23.5 Å². The van der Waals surface area contributed by atoms with Gasteiger partial charge in [0.25, 0.3) is 0 Å². The molecule has 0 unspecified atom stereocenters. The summed E-state index contributed by atoms with van der Waals surface area (Å²) in [7, 11) is 0. The first-order valence-electron chi connectivity index (χ1n) is 8.34. The number of nitrogen functional groups attached to an aromatic ring is 1. The average molecular weight is 347 g/mol. The van der Waals surface area contributed by atoms with Crippen LogP contribution in [0, 0.1) is 11.7 Å². The number of nitrogens with zero attached hydrogens (tertiary/aromatic N) is 1. The van der Waals surface area contributed by atoms with Crippen LogP contribution in [0.3, 0.4) is 0 Å². The second-order valence-electron chi connectivity index (χ2n) is 6.37. The molecule has 1 aliphatic rings. The molecule has 0 spiro atoms. The van der Waals surface area contributed by atoms with Gasteiger partial charge >= 0.3 is 0 Å². The van der Waals surface area contributed by atoms with Crippen LogP contribution < -0.4 is 11.1 Å². The molecule has 0 saturated heterocycles. The Morgan fingerprint density at radius 2 is 2.12 bits per heavy atom. The van der Waals surface area contributed by atoms with E-state index in [-0.39, 0.29) is 17.8 Å². The van der Waals surface area contributed by atoms with Crippen LogP contribution in [-0.4, -0.2) is 16.9 Å². The Hall–Kier alpha value is -1.95. The monoisotopic (exact) mass is 347 g/mol. The maximum Gasteiger partial charge on any atom is 0.220 e. The minimum atomic E-state index is -0.210. The van der Waals surface area contributed by atoms with Gasteiger partial charge in [-0.15, -0.1) is 11.3 Å². The summed E-state index contributed by atoms with van der Waals surface area (Å²) < 4.78 is 13.0. The fourth-order valence-electron chi connectivity index (χ4n) is 3.35. The molecule has 1 aromatic heterocycles. The fraction of sp³-hybridized carbons (Fsp3) is 0.444. The lowest BCUT2D eigenvalue weighted by atomic mass is 9.94. The van der Waals surface area contributed by atoms with Gasteiger partial charge in [-0.25, -0.2) is 9.37 Å². The number of halogens is 1. The minimum absolute atomic E-state index is 0.0672. The van der Waals surface area contributed by atoms with Crippen molar-refractivity contribution in [2.24, 2.45) is 5.92 Å². The fourth-order valence-corrected chi connectivity index (χ4v) is 3.95. The third-order valence-corrected chi connectivity index (χ3v) is 5.32. The van der Waals surface area contributed by atoms with E-state index in [0.29, 0.717) is 23.9 Å². The van der Waals surface area contributed by atoms with E-state index in [0.717, 1.165) is 36.9 Å². The van der Waals surface area contributed by atoms with E-state index in [1.54, 1.807) is 0 Å². The molecule has 1 heterocycles. The molecule has 0 radical (unpaired) electrons. The quantitative estimate of drug-likeness (QED) is 0.842. The maximum absolute atomic E-state index is 13.0. The smallest absolute Gasteiger partial charge is 0.220 e. The Bertz CT molecular complexity index is 686. The number of hydrogen-bond acceptors (Lipinski definition) is 4. The lowest BCUT2D eigenvalue weighted by Gasteiger charge is -2.21. The van der Waals surface area contributed by atoms with Gasteiger partial charge in [0.05, 0.1) is 5.69 Å². The first-order valence-corrected chi connectivity index (χ1v) is 9.22. The molecule has 1 amide bonds. The Morgan fingerprint density at radius 1 is 1.33 bits per heavy atom. The van der Waals surface area contributed by atoms with Crippen LogP contribution in [-0.2, 0) is 17.6 Å². The number of aryl methyl sites for hydroxylation is 1. The highest BCUT2D eigenvalue weighted by atomic mass is 32.1. The molecule has 2 aromatic rings. The van der Waals surface area contributed by atoms with Gasteiger partial charge in [-0.05, 0) is 49.3 Å². The standard InChI is InChI=1S/C18H22FN3OS/c19-14-6-4-12(5-7-14)10-13-2-1-3-16(13)22-17(23)9-8-15-11-24-18(20)21-15/h4-7,11,13,16H,1-3,8-10H2,(H2,20,21)(H,22,23)/t13-,16-/m1/s1. The van der Waals surface area contributed by atoms with Crippen LogP contribution >= 0.6 is 11.3 Å². The van der Waals surface area contributed by atoms with Gasteiger partial charge in [0.1, 0.15) is 5.82 Å². The van der Waals surface area contributed by atoms with Gasteiger partial charge in [-0.3, -0.25) is 4.79 Å². The van der Waals surface area contributed by atoms with Crippen LogP contribution in [0.15, 0.2) is 29.6 Å². The first kappa shape index (κ1) is 16.9. The summed E-state index contributed by atoms with van der Waals surface area (Å²) in [5, 5.41) is 5.61. The molecule has 2 atom stereocenters. The Balaban J connectivity index is 1.49. The Labute approximate surface area is 145 Å². The summed E-state index contributed by atoms with van der Waals surface area (Å²) >= 11 is 1.40. The van der Waals surface area contributed by atoms with Crippen molar-refractivity contribution in [3.63, 3.8) is 0 Å². The van der Waals surface area contributed by atoms with Crippen molar-refractivity contribution < 1.29 is 9.18 Å². The molecule has 6 heteroatoms. The van der Waals surface area contributed by atoms with Crippen molar-refractivity contribution in [2.75, 3.05) is 5.73 Å². The van der Waals surface area contributed by atoms with Gasteiger partial charge < -0.3 is 11.1 Å². The van der Waals surface area contributed by atoms with E-state index in [4.69, 9.17) is 5.73 Å². The highest BCUT2D eigenvalue weighted by Gasteiger charge is 2.28. The van der Waals surface area contributed by atoms with E-state index in [9.17, 15) is 9.18 Å². The summed E-state index contributed by atoms with van der Waals surface area (Å²) in [5.41, 5.74) is 7.60. The molecule has 1 aliphatic carbocycles. The molecule has 3 N–H and O–H groups in total. The third kappa shape index (κ3) is 4.54. The summed E-state index contributed by atoms with van der Waals surface area (Å²) in [6, 6.07) is 6.87. The molecule has 3 rings (SSSR count). The van der Waals surface area contributed by atoms with Crippen molar-refractivity contribution in [3.05, 3.63) is 46.7 Å². The molecule has 0 aliphatic heterocycles. The number of rotatable bonds is 6. The minimum Gasteiger partial charge on any atom is -0.375 e. The van der Waals surface area contributed by atoms with Gasteiger partial charge in [0, 0.05) is 17.8 Å². The van der Waals surface area contributed by atoms with Crippen LogP contribution in [0.1, 0.15) is 36.9 Å². The predicted molar refractivity (Wildman–Crippen MR) is 94.2 cm³/mol. The van der Waals surface area contributed by atoms with Crippen molar-refractivity contribution in [1.82, 2.24) is 10.3 Å². The van der Waals surface area contributed by atoms with E-state index >= 15 is 0 Å². The zero-order chi connectivity index (χ0) is 16.9. The molecule has 4 nitrogen and oxygen atoms in total. The molecule has 1 aromatic carbocycles. The van der Waals surface area contributed by atoms with Crippen LogP contribution in [0.5, 0.6) is 0 Å². The zero-order valence-electron chi connectivity index (χ0n) is 13.5. The molecule has 1 fully saturated rings. The van der Waals surface area contributed by atoms with Crippen molar-refractivity contribution in [2.45, 2.75) is 44.6 Å². The number of thiazole rings is 1. The van der Waals surface area contributed by atoms with Crippen LogP contribution in [0.2, 0.25) is 0 Å². The summed E-state index contributed by atoms with van der Waals surface area (Å²) in [6.45, 7) is 0. The number of nitrogens with one attached hydrogen (secondary N) is 1. The largest absolute Gasteiger partial charge is 0.375 e. The maximum atomic E-state index is 13.0. The van der Waals surface area contributed by atoms with E-state index < -0.39 is 0 Å². The molecule has 1 saturated carbocycles. The Morgan fingerprint density at radius 3 is 2.83 bits per heavy atom. The van der Waals surface area contributed by atoms with Crippen LogP contribution in [0.25, 0.3) is 0 Å². The predicted octanol–water partition coefficient (Wildman–Crippen LogP) is 3.32. The second-order valence-corrected chi connectivity index (χ2v) is 7.26. The highest BCUT2D eigenvalue weighted by molar-refractivity contribution is 7.13. The second kappa shape index (κ2) is 7.75. The summed E-state index contributed by atoms with van der Waals surface area (Å²) in [4.78, 5) is 16.4. The number of benzene rings is 1. The highest BCUT2D eigenvalue weighted by Crippen LogP contribution is 2.29. The molecule has 24 heavy (non-hydrogen) atoms. The SMILES string of the molecule is Nc1nc(CCC(=O)N[C@@H]2CCC[C@@H]2Cc2ccc(F)cc2)cs1. The number of carbonyl (C=O) groups excluding carboxylic acids is 1. The molecule has 0 bridgehead atoms. The molecular weight excluding hydrogens is 325 g/mol. The van der Waals surface area contributed by atoms with E-state index in [2.05, 4.69) is 10.3 Å². The first-order chi connectivity index (χ1) is 11.6. The average Bonchev–Trinajstić information content (AvgIpc) is 3.17. The van der Waals surface area contributed by atoms with Crippen molar-refractivity contribution >= 4 is 22.4 Å². The van der Waals surface area contributed by atoms with Crippen molar-refractivity contribution in [1.29, 1.82) is 0 Å². The summed E-state index contributed by atoms with van der Waals surface area (Å²) in [5.74, 6) is 0.282. The topological polar surface area (TPSA) is 68.0 Å². The Kier molecular flexibility index (Phi) is 5.45. The third-order valence-electron chi connectivity index (χ3n) is 4.59. The van der Waals surface area contributed by atoms with Gasteiger partial charge in [-0.1, -0.05) is 18.6 Å². The van der Waals surface area contributed by atoms with Gasteiger partial charge in [0.2, 0.25) is 5.91 Å².